The van der Waals surface area contributed by atoms with Gasteiger partial charge in [0.25, 0.3) is 5.56 Å². The Balaban J connectivity index is 0.00000208. The van der Waals surface area contributed by atoms with Crippen molar-refractivity contribution in [1.82, 2.24) is 4.57 Å². The molecule has 0 N–H and O–H groups in total. The van der Waals surface area contributed by atoms with Crippen LogP contribution in [-0.2, 0) is 6.54 Å². The van der Waals surface area contributed by atoms with Gasteiger partial charge in [0.15, 0.2) is 0 Å². The van der Waals surface area contributed by atoms with Crippen molar-refractivity contribution in [3.8, 4) is 0 Å². The van der Waals surface area contributed by atoms with E-state index in [1.54, 1.807) is 6.07 Å². The number of aryl methyl sites for hydroxylation is 3. The lowest BCUT2D eigenvalue weighted by atomic mass is 10.0. The fourth-order valence-corrected chi connectivity index (χ4v) is 3.11. The van der Waals surface area contributed by atoms with Crippen molar-refractivity contribution in [2.45, 2.75) is 27.3 Å². The fraction of sp³-hybridized carbons (Fsp3) is 0.421. The molecule has 0 spiro atoms. The molecule has 0 aliphatic rings. The van der Waals surface area contributed by atoms with Crippen molar-refractivity contribution in [2.24, 2.45) is 0 Å². The summed E-state index contributed by atoms with van der Waals surface area (Å²) in [4.78, 5) is 12.7. The molecule has 0 saturated heterocycles. The first kappa shape index (κ1) is 19.0. The Bertz CT molecular complexity index is 962. The van der Waals surface area contributed by atoms with E-state index in [2.05, 4.69) is 34.1 Å². The summed E-state index contributed by atoms with van der Waals surface area (Å²) in [5.41, 5.74) is 4.07. The highest BCUT2D eigenvalue weighted by Gasteiger charge is 2.17. The second-order valence-corrected chi connectivity index (χ2v) is 7.45. The van der Waals surface area contributed by atoms with E-state index < -0.39 is 0 Å². The van der Waals surface area contributed by atoms with Gasteiger partial charge in [-0.15, -0.1) is 0 Å². The third-order valence-corrected chi connectivity index (χ3v) is 4.60. The van der Waals surface area contributed by atoms with Crippen molar-refractivity contribution in [1.29, 1.82) is 0 Å². The molecular formula is C19H25IN2O2. The van der Waals surface area contributed by atoms with Gasteiger partial charge in [0.2, 0.25) is 0 Å². The van der Waals surface area contributed by atoms with Gasteiger partial charge >= 0.3 is 0 Å². The van der Waals surface area contributed by atoms with Crippen LogP contribution in [0.25, 0.3) is 21.9 Å². The zero-order valence-corrected chi connectivity index (χ0v) is 17.4. The van der Waals surface area contributed by atoms with Crippen LogP contribution in [0.1, 0.15) is 16.9 Å². The maximum Gasteiger partial charge on any atom is 0.251 e. The van der Waals surface area contributed by atoms with Gasteiger partial charge in [0.1, 0.15) is 11.3 Å². The van der Waals surface area contributed by atoms with Gasteiger partial charge in [0.05, 0.1) is 39.7 Å². The van der Waals surface area contributed by atoms with Gasteiger partial charge in [-0.25, -0.2) is 0 Å². The molecule has 0 saturated carbocycles. The Morgan fingerprint density at radius 1 is 1.12 bits per heavy atom. The SMILES string of the molecule is Cc1oc2ccc3c(C)cc(=O)n(CC[N+](C)(C)C)c3c2c1C.[I-]. The number of nitrogens with zero attached hydrogens (tertiary/aromatic N) is 2. The Labute approximate surface area is 159 Å². The average molecular weight is 440 g/mol. The molecule has 0 aliphatic heterocycles. The molecule has 0 unspecified atom stereocenters. The van der Waals surface area contributed by atoms with E-state index in [0.717, 1.165) is 49.8 Å². The molecule has 0 amide bonds. The summed E-state index contributed by atoms with van der Waals surface area (Å²) in [5, 5.41) is 2.20. The van der Waals surface area contributed by atoms with E-state index in [1.165, 1.54) is 0 Å². The number of rotatable bonds is 3. The van der Waals surface area contributed by atoms with Crippen LogP contribution in [0.5, 0.6) is 0 Å². The average Bonchev–Trinajstić information content (AvgIpc) is 2.72. The first-order valence-corrected chi connectivity index (χ1v) is 8.02. The van der Waals surface area contributed by atoms with E-state index in [-0.39, 0.29) is 29.5 Å². The number of benzene rings is 1. The number of aromatic nitrogens is 1. The van der Waals surface area contributed by atoms with Crippen LogP contribution in [0.15, 0.2) is 27.4 Å². The summed E-state index contributed by atoms with van der Waals surface area (Å²) in [6, 6.07) is 5.82. The smallest absolute Gasteiger partial charge is 0.251 e. The molecule has 0 atom stereocenters. The highest BCUT2D eigenvalue weighted by atomic mass is 127. The van der Waals surface area contributed by atoms with Crippen LogP contribution in [0.2, 0.25) is 0 Å². The van der Waals surface area contributed by atoms with Gasteiger partial charge in [-0.3, -0.25) is 4.79 Å². The van der Waals surface area contributed by atoms with Gasteiger partial charge in [-0.2, -0.15) is 0 Å². The molecule has 3 aromatic rings. The number of fused-ring (bicyclic) bond motifs is 3. The second kappa shape index (κ2) is 6.52. The van der Waals surface area contributed by atoms with E-state index in [1.807, 2.05) is 24.5 Å². The molecule has 3 rings (SSSR count). The summed E-state index contributed by atoms with van der Waals surface area (Å²) in [7, 11) is 6.43. The Hall–Kier alpha value is -1.34. The summed E-state index contributed by atoms with van der Waals surface area (Å²) < 4.78 is 8.60. The molecule has 1 aromatic carbocycles. The number of hydrogen-bond donors (Lipinski definition) is 0. The minimum Gasteiger partial charge on any atom is -1.00 e. The standard InChI is InChI=1S/C19H25N2O2.HI/c1-12-11-17(22)20(9-10-21(4,5)6)19-15(12)7-8-16-18(19)13(2)14(3)23-16;/h7-8,11H,9-10H2,1-6H3;1H/q+1;/p-1. The van der Waals surface area contributed by atoms with Crippen molar-refractivity contribution < 1.29 is 32.9 Å². The third-order valence-electron chi connectivity index (χ3n) is 4.60. The lowest BCUT2D eigenvalue weighted by molar-refractivity contribution is -0.871. The molecule has 0 fully saturated rings. The largest absolute Gasteiger partial charge is 1.00 e. The van der Waals surface area contributed by atoms with Crippen molar-refractivity contribution in [3.05, 3.63) is 45.4 Å². The molecule has 24 heavy (non-hydrogen) atoms. The van der Waals surface area contributed by atoms with Crippen LogP contribution < -0.4 is 29.5 Å². The summed E-state index contributed by atoms with van der Waals surface area (Å²) >= 11 is 0. The number of pyridine rings is 1. The van der Waals surface area contributed by atoms with Gasteiger partial charge in [-0.1, -0.05) is 0 Å². The minimum absolute atomic E-state index is 0. The molecule has 0 aliphatic carbocycles. The van der Waals surface area contributed by atoms with Crippen molar-refractivity contribution >= 4 is 21.9 Å². The maximum atomic E-state index is 12.7. The molecule has 0 bridgehead atoms. The maximum absolute atomic E-state index is 12.7. The van der Waals surface area contributed by atoms with Crippen molar-refractivity contribution in [3.63, 3.8) is 0 Å². The third kappa shape index (κ3) is 3.24. The first-order valence-electron chi connectivity index (χ1n) is 8.02. The number of likely N-dealkylation sites (N-methyl/N-ethyl adjacent to an activating group) is 1. The fourth-order valence-electron chi connectivity index (χ4n) is 3.11. The minimum atomic E-state index is 0. The quantitative estimate of drug-likeness (QED) is 0.436. The summed E-state index contributed by atoms with van der Waals surface area (Å²) in [6.07, 6.45) is 0. The molecule has 5 heteroatoms. The monoisotopic (exact) mass is 440 g/mol. The van der Waals surface area contributed by atoms with Crippen LogP contribution >= 0.6 is 0 Å². The second-order valence-electron chi connectivity index (χ2n) is 7.45. The Morgan fingerprint density at radius 2 is 1.79 bits per heavy atom. The van der Waals surface area contributed by atoms with E-state index in [9.17, 15) is 4.79 Å². The van der Waals surface area contributed by atoms with E-state index >= 15 is 0 Å². The number of halogens is 1. The number of hydrogen-bond acceptors (Lipinski definition) is 2. The number of furan rings is 1. The van der Waals surface area contributed by atoms with E-state index in [4.69, 9.17) is 4.42 Å². The molecule has 4 nitrogen and oxygen atoms in total. The van der Waals surface area contributed by atoms with Crippen LogP contribution in [0.4, 0.5) is 0 Å². The van der Waals surface area contributed by atoms with Crippen LogP contribution in [0.3, 0.4) is 0 Å². The molecule has 2 heterocycles. The zero-order chi connectivity index (χ0) is 16.9. The zero-order valence-electron chi connectivity index (χ0n) is 15.2. The topological polar surface area (TPSA) is 35.1 Å². The Kier molecular flexibility index (Phi) is 5.16. The summed E-state index contributed by atoms with van der Waals surface area (Å²) in [6.45, 7) is 7.64. The van der Waals surface area contributed by atoms with Gasteiger partial charge in [-0.05, 0) is 38.5 Å². The van der Waals surface area contributed by atoms with Crippen LogP contribution in [-0.4, -0.2) is 36.7 Å². The lowest BCUT2D eigenvalue weighted by Gasteiger charge is -2.25. The molecule has 2 aromatic heterocycles. The molecular weight excluding hydrogens is 415 g/mol. The van der Waals surface area contributed by atoms with E-state index in [0.29, 0.717) is 6.54 Å². The highest BCUT2D eigenvalue weighted by Crippen LogP contribution is 2.32. The van der Waals surface area contributed by atoms with Crippen LogP contribution in [0, 0.1) is 20.8 Å². The molecule has 0 radical (unpaired) electrons. The Morgan fingerprint density at radius 3 is 2.42 bits per heavy atom. The lowest BCUT2D eigenvalue weighted by Crippen LogP contribution is -3.00. The molecule has 130 valence electrons. The predicted molar refractivity (Wildman–Crippen MR) is 95.1 cm³/mol. The van der Waals surface area contributed by atoms with Gasteiger partial charge < -0.3 is 37.4 Å². The van der Waals surface area contributed by atoms with Gasteiger partial charge in [0, 0.05) is 22.4 Å². The summed E-state index contributed by atoms with van der Waals surface area (Å²) in [5.74, 6) is 0.916. The predicted octanol–water partition coefficient (Wildman–Crippen LogP) is 0.383. The van der Waals surface area contributed by atoms with Crippen molar-refractivity contribution in [2.75, 3.05) is 27.7 Å². The number of quaternary nitrogens is 1. The first-order chi connectivity index (χ1) is 10.7. The normalized spacial score (nSPS) is 11.9. The highest BCUT2D eigenvalue weighted by molar-refractivity contribution is 6.06.